The highest BCUT2D eigenvalue weighted by Gasteiger charge is 2.18. The van der Waals surface area contributed by atoms with E-state index in [1.165, 1.54) is 6.21 Å². The van der Waals surface area contributed by atoms with Gasteiger partial charge >= 0.3 is 0 Å². The van der Waals surface area contributed by atoms with Gasteiger partial charge in [-0.25, -0.2) is 0 Å². The lowest BCUT2D eigenvalue weighted by atomic mass is 10.1. The summed E-state index contributed by atoms with van der Waals surface area (Å²) in [5.74, 6) is 0. The van der Waals surface area contributed by atoms with Gasteiger partial charge in [-0.15, -0.1) is 0 Å². The highest BCUT2D eigenvalue weighted by molar-refractivity contribution is 5.80. The van der Waals surface area contributed by atoms with Crippen molar-refractivity contribution in [3.8, 4) is 0 Å². The molecule has 0 saturated carbocycles. The fraction of sp³-hybridized carbons (Fsp3) is 0.357. The Bertz CT molecular complexity index is 709. The Morgan fingerprint density at radius 2 is 1.95 bits per heavy atom. The fourth-order valence-corrected chi connectivity index (χ4v) is 1.77. The predicted octanol–water partition coefficient (Wildman–Crippen LogP) is 2.43. The van der Waals surface area contributed by atoms with Gasteiger partial charge in [0.25, 0.3) is 11.2 Å². The normalized spacial score (nSPS) is 12.4. The van der Waals surface area contributed by atoms with Gasteiger partial charge in [0, 0.05) is 11.0 Å². The van der Waals surface area contributed by atoms with Gasteiger partial charge in [-0.2, -0.15) is 0 Å². The maximum atomic E-state index is 12.3. The molecule has 0 bridgehead atoms. The van der Waals surface area contributed by atoms with E-state index in [-0.39, 0.29) is 11.2 Å². The molecule has 0 spiro atoms. The molecule has 0 aliphatic rings. The molecule has 5 nitrogen and oxygen atoms in total. The van der Waals surface area contributed by atoms with E-state index in [9.17, 15) is 10.1 Å². The minimum Gasteiger partial charge on any atom is -0.805 e. The van der Waals surface area contributed by atoms with Crippen molar-refractivity contribution in [2.45, 2.75) is 33.2 Å². The molecule has 0 amide bonds. The molecule has 19 heavy (non-hydrogen) atoms. The lowest BCUT2D eigenvalue weighted by Crippen LogP contribution is -2.27. The summed E-state index contributed by atoms with van der Waals surface area (Å²) in [7, 11) is 0. The van der Waals surface area contributed by atoms with Crippen molar-refractivity contribution < 1.29 is 4.43 Å². The van der Waals surface area contributed by atoms with Gasteiger partial charge in [-0.3, -0.25) is 4.99 Å². The van der Waals surface area contributed by atoms with Crippen LogP contribution in [-0.4, -0.2) is 16.5 Å². The molecule has 0 atom stereocenters. The number of aliphatic imine (C=N–C) groups is 1. The minimum atomic E-state index is -0.293. The number of rotatable bonds is 1. The topological polar surface area (TPSA) is 63.3 Å². The molecule has 0 aliphatic heterocycles. The number of fused-ring (bicyclic) bond motifs is 1. The first-order valence-electron chi connectivity index (χ1n) is 6.11. The lowest BCUT2D eigenvalue weighted by Gasteiger charge is -2.16. The van der Waals surface area contributed by atoms with Crippen molar-refractivity contribution in [3.05, 3.63) is 45.8 Å². The summed E-state index contributed by atoms with van der Waals surface area (Å²) >= 11 is 0. The summed E-state index contributed by atoms with van der Waals surface area (Å²) in [6.07, 6.45) is 1.48. The van der Waals surface area contributed by atoms with Crippen LogP contribution in [0.25, 0.3) is 11.0 Å². The highest BCUT2D eigenvalue weighted by Crippen LogP contribution is 2.13. The maximum Gasteiger partial charge on any atom is 0.299 e. The molecule has 0 fully saturated rings. The molecule has 0 aliphatic carbocycles. The van der Waals surface area contributed by atoms with Crippen LogP contribution in [-0.2, 0) is 0 Å². The first kappa shape index (κ1) is 13.3. The van der Waals surface area contributed by atoms with Crippen LogP contribution >= 0.6 is 0 Å². The van der Waals surface area contributed by atoms with Crippen molar-refractivity contribution in [1.82, 2.24) is 4.73 Å². The molecule has 0 unspecified atom stereocenters. The Labute approximate surface area is 111 Å². The Balaban J connectivity index is 2.76. The average molecular weight is 259 g/mol. The molecule has 0 N–H and O–H groups in total. The zero-order valence-electron chi connectivity index (χ0n) is 11.5. The molecule has 1 aromatic carbocycles. The fourth-order valence-electron chi connectivity index (χ4n) is 1.77. The van der Waals surface area contributed by atoms with E-state index in [2.05, 4.69) is 4.99 Å². The maximum absolute atomic E-state index is 12.3. The number of para-hydroxylation sites is 2. The third-order valence-corrected chi connectivity index (χ3v) is 2.79. The SMILES string of the molecule is Cc1c(C=NC(C)(C)C)[n+](=O)c2ccccc2n1[O-]. The zero-order chi connectivity index (χ0) is 14.2. The monoisotopic (exact) mass is 259 g/mol. The first-order valence-corrected chi connectivity index (χ1v) is 6.11. The molecule has 1 heterocycles. The molecule has 100 valence electrons. The number of nitrogens with zero attached hydrogens (tertiary/aromatic N) is 3. The van der Waals surface area contributed by atoms with Crippen LogP contribution in [0.3, 0.4) is 0 Å². The molecular weight excluding hydrogens is 242 g/mol. The van der Waals surface area contributed by atoms with Gasteiger partial charge in [0.15, 0.2) is 0 Å². The predicted molar refractivity (Wildman–Crippen MR) is 76.2 cm³/mol. The Morgan fingerprint density at radius 3 is 2.58 bits per heavy atom. The van der Waals surface area contributed by atoms with E-state index >= 15 is 0 Å². The van der Waals surface area contributed by atoms with Crippen molar-refractivity contribution in [1.29, 1.82) is 0 Å². The number of hydrogen-bond donors (Lipinski definition) is 0. The van der Waals surface area contributed by atoms with Gasteiger partial charge in [0.05, 0.1) is 15.7 Å². The highest BCUT2D eigenvalue weighted by atomic mass is 16.5. The average Bonchev–Trinajstić information content (AvgIpc) is 2.35. The molecule has 0 saturated heterocycles. The quantitative estimate of drug-likeness (QED) is 0.583. The minimum absolute atomic E-state index is 0.281. The summed E-state index contributed by atoms with van der Waals surface area (Å²) < 4.78 is 1.53. The van der Waals surface area contributed by atoms with E-state index in [1.54, 1.807) is 31.2 Å². The summed E-state index contributed by atoms with van der Waals surface area (Å²) in [6.45, 7) is 7.42. The van der Waals surface area contributed by atoms with Gasteiger partial charge in [0.2, 0.25) is 0 Å². The van der Waals surface area contributed by atoms with Crippen LogP contribution in [0.15, 0.2) is 29.3 Å². The van der Waals surface area contributed by atoms with E-state index < -0.39 is 0 Å². The van der Waals surface area contributed by atoms with Gasteiger partial charge in [-0.05, 0) is 33.8 Å². The second kappa shape index (κ2) is 4.50. The molecular formula is C14H17N3O2. The smallest absolute Gasteiger partial charge is 0.299 e. The second-order valence-corrected chi connectivity index (χ2v) is 5.48. The summed E-state index contributed by atoms with van der Waals surface area (Å²) in [4.78, 5) is 16.6. The number of aromatic nitrogens is 2. The molecule has 5 heteroatoms. The molecule has 0 radical (unpaired) electrons. The third kappa shape index (κ3) is 2.50. The van der Waals surface area contributed by atoms with Gasteiger partial charge < -0.3 is 9.94 Å². The van der Waals surface area contributed by atoms with Crippen molar-refractivity contribution in [2.75, 3.05) is 0 Å². The van der Waals surface area contributed by atoms with Gasteiger partial charge in [0.1, 0.15) is 11.7 Å². The van der Waals surface area contributed by atoms with E-state index in [0.29, 0.717) is 16.7 Å². The van der Waals surface area contributed by atoms with E-state index in [1.807, 2.05) is 20.8 Å². The zero-order valence-corrected chi connectivity index (χ0v) is 11.5. The summed E-state index contributed by atoms with van der Waals surface area (Å²) in [5.41, 5.74) is 1.05. The number of hydrogen-bond acceptors (Lipinski definition) is 3. The van der Waals surface area contributed by atoms with Crippen LogP contribution in [0.4, 0.5) is 0 Å². The van der Waals surface area contributed by atoms with Crippen LogP contribution in [0.2, 0.25) is 0 Å². The van der Waals surface area contributed by atoms with Crippen LogP contribution in [0.1, 0.15) is 32.2 Å². The Morgan fingerprint density at radius 1 is 1.32 bits per heavy atom. The van der Waals surface area contributed by atoms with Crippen LogP contribution in [0, 0.1) is 17.0 Å². The summed E-state index contributed by atoms with van der Waals surface area (Å²) in [6, 6.07) is 6.73. The Hall–Kier alpha value is -2.17. The third-order valence-electron chi connectivity index (χ3n) is 2.79. The van der Waals surface area contributed by atoms with Crippen LogP contribution < -0.4 is 4.43 Å². The van der Waals surface area contributed by atoms with E-state index in [4.69, 9.17) is 0 Å². The van der Waals surface area contributed by atoms with Crippen LogP contribution in [0.5, 0.6) is 0 Å². The molecule has 1 aromatic heterocycles. The Kier molecular flexibility index (Phi) is 3.14. The van der Waals surface area contributed by atoms with Crippen molar-refractivity contribution in [3.63, 3.8) is 0 Å². The first-order chi connectivity index (χ1) is 8.81. The van der Waals surface area contributed by atoms with Gasteiger partial charge in [-0.1, -0.05) is 12.1 Å². The van der Waals surface area contributed by atoms with E-state index in [0.717, 1.165) is 9.16 Å². The lowest BCUT2D eigenvalue weighted by molar-refractivity contribution is -0.466. The van der Waals surface area contributed by atoms with Crippen molar-refractivity contribution in [2.24, 2.45) is 4.99 Å². The largest absolute Gasteiger partial charge is 0.805 e. The second-order valence-electron chi connectivity index (χ2n) is 5.48. The molecule has 2 rings (SSSR count). The standard InChI is InChI=1S/C14H17N3O2/c1-10-13(9-15-14(2,3)4)17(19)12-8-6-5-7-11(12)16(10)18/h5-9H,1-4H3. The molecule has 2 aromatic rings. The van der Waals surface area contributed by atoms with Crippen molar-refractivity contribution >= 4 is 17.2 Å². The number of benzene rings is 1. The summed E-state index contributed by atoms with van der Waals surface area (Å²) in [5, 5.41) is 12.1.